The van der Waals surface area contributed by atoms with E-state index in [1.54, 1.807) is 24.3 Å². The molecule has 0 aliphatic carbocycles. The summed E-state index contributed by atoms with van der Waals surface area (Å²) in [6, 6.07) is 12.8. The van der Waals surface area contributed by atoms with Crippen LogP contribution in [-0.2, 0) is 15.8 Å². The number of nitrogens with zero attached hydrogens (tertiary/aromatic N) is 2. The molecule has 1 aliphatic rings. The lowest BCUT2D eigenvalue weighted by molar-refractivity contribution is -0.385. The maximum Gasteiger partial charge on any atom is 0.416 e. The molecule has 10 nitrogen and oxygen atoms in total. The van der Waals surface area contributed by atoms with Crippen LogP contribution in [0.5, 0.6) is 17.2 Å². The monoisotopic (exact) mass is 651 g/mol. The van der Waals surface area contributed by atoms with Gasteiger partial charge >= 0.3 is 11.9 Å². The molecule has 0 bridgehead atoms. The number of nitro groups is 1. The quantitative estimate of drug-likeness (QED) is 0.159. The molecule has 1 N–H and O–H groups in total. The number of thioether (sulfide) groups is 1. The van der Waals surface area contributed by atoms with Crippen LogP contribution in [0.1, 0.15) is 11.1 Å². The zero-order chi connectivity index (χ0) is 29.9. The van der Waals surface area contributed by atoms with E-state index in [4.69, 9.17) is 9.47 Å². The van der Waals surface area contributed by atoms with Crippen LogP contribution in [0, 0.1) is 10.1 Å². The standard InChI is InChI=1S/C26H17BrF3N3O7S/c1-39-20-5-3-2-4-17(20)31-23(34)13-32-24(35)22(41-25(32)36)11-14-10-16(27)7-9-19(14)40-21-8-6-15(26(28,29)30)12-18(21)33(37)38/h2-12H,13H2,1H3,(H,31,34)/b22-11+. The molecule has 41 heavy (non-hydrogen) atoms. The van der Waals surface area contributed by atoms with Crippen LogP contribution in [0.3, 0.4) is 0 Å². The number of halogens is 4. The Kier molecular flexibility index (Phi) is 8.68. The highest BCUT2D eigenvalue weighted by atomic mass is 79.9. The molecule has 1 saturated heterocycles. The highest BCUT2D eigenvalue weighted by Gasteiger charge is 2.37. The van der Waals surface area contributed by atoms with Crippen molar-refractivity contribution < 1.29 is 42.0 Å². The minimum absolute atomic E-state index is 0.0447. The Morgan fingerprint density at radius 2 is 1.80 bits per heavy atom. The number of alkyl halides is 3. The predicted molar refractivity (Wildman–Crippen MR) is 147 cm³/mol. The normalized spacial score (nSPS) is 14.4. The average molecular weight is 652 g/mol. The third kappa shape index (κ3) is 6.86. The third-order valence-electron chi connectivity index (χ3n) is 5.52. The van der Waals surface area contributed by atoms with Crippen molar-refractivity contribution in [1.82, 2.24) is 4.90 Å². The topological polar surface area (TPSA) is 128 Å². The lowest BCUT2D eigenvalue weighted by Gasteiger charge is -2.14. The molecule has 3 amide bonds. The van der Waals surface area contributed by atoms with Crippen molar-refractivity contribution in [1.29, 1.82) is 0 Å². The molecular weight excluding hydrogens is 635 g/mol. The zero-order valence-corrected chi connectivity index (χ0v) is 23.1. The van der Waals surface area contributed by atoms with Crippen LogP contribution in [-0.4, -0.2) is 40.5 Å². The van der Waals surface area contributed by atoms with Gasteiger partial charge in [0.2, 0.25) is 11.7 Å². The number of ether oxygens (including phenoxy) is 2. The van der Waals surface area contributed by atoms with Gasteiger partial charge in [0.1, 0.15) is 18.0 Å². The molecule has 0 spiro atoms. The first-order valence-corrected chi connectivity index (χ1v) is 13.0. The minimum Gasteiger partial charge on any atom is -0.495 e. The first-order valence-electron chi connectivity index (χ1n) is 11.4. The largest absolute Gasteiger partial charge is 0.495 e. The first-order chi connectivity index (χ1) is 19.4. The molecule has 4 rings (SSSR count). The van der Waals surface area contributed by atoms with E-state index in [-0.39, 0.29) is 16.2 Å². The second kappa shape index (κ2) is 12.0. The van der Waals surface area contributed by atoms with Crippen molar-refractivity contribution in [2.24, 2.45) is 0 Å². The number of hydrogen-bond donors (Lipinski definition) is 1. The molecular formula is C26H17BrF3N3O7S. The molecule has 1 aliphatic heterocycles. The average Bonchev–Trinajstić information content (AvgIpc) is 3.17. The molecule has 0 radical (unpaired) electrons. The second-order valence-corrected chi connectivity index (χ2v) is 10.1. The molecule has 0 unspecified atom stereocenters. The summed E-state index contributed by atoms with van der Waals surface area (Å²) in [4.78, 5) is 49.3. The van der Waals surface area contributed by atoms with Crippen LogP contribution in [0.15, 0.2) is 70.0 Å². The van der Waals surface area contributed by atoms with Gasteiger partial charge < -0.3 is 14.8 Å². The smallest absolute Gasteiger partial charge is 0.416 e. The van der Waals surface area contributed by atoms with E-state index in [0.29, 0.717) is 39.8 Å². The molecule has 212 valence electrons. The molecule has 15 heteroatoms. The van der Waals surface area contributed by atoms with Crippen LogP contribution in [0.2, 0.25) is 0 Å². The molecule has 1 fully saturated rings. The van der Waals surface area contributed by atoms with Crippen molar-refractivity contribution in [3.63, 3.8) is 0 Å². The number of carbonyl (C=O) groups excluding carboxylic acids is 3. The Labute approximate surface area is 242 Å². The van der Waals surface area contributed by atoms with Gasteiger partial charge in [-0.15, -0.1) is 0 Å². The summed E-state index contributed by atoms with van der Waals surface area (Å²) in [6.45, 7) is -0.584. The molecule has 0 atom stereocenters. The Morgan fingerprint density at radius 3 is 2.49 bits per heavy atom. The highest BCUT2D eigenvalue weighted by molar-refractivity contribution is 9.10. The van der Waals surface area contributed by atoms with E-state index in [2.05, 4.69) is 21.2 Å². The Hall–Kier alpha value is -4.37. The van der Waals surface area contributed by atoms with Crippen LogP contribution < -0.4 is 14.8 Å². The Balaban J connectivity index is 1.58. The summed E-state index contributed by atoms with van der Waals surface area (Å²) in [6.07, 6.45) is -3.53. The molecule has 3 aromatic carbocycles. The maximum atomic E-state index is 13.1. The number of para-hydroxylation sites is 2. The molecule has 0 saturated carbocycles. The van der Waals surface area contributed by atoms with Gasteiger partial charge in [-0.3, -0.25) is 29.4 Å². The number of methoxy groups -OCH3 is 1. The van der Waals surface area contributed by atoms with Gasteiger partial charge in [-0.25, -0.2) is 0 Å². The number of rotatable bonds is 8. The number of nitro benzene ring substituents is 1. The summed E-state index contributed by atoms with van der Waals surface area (Å²) in [5.41, 5.74) is -1.63. The summed E-state index contributed by atoms with van der Waals surface area (Å²) >= 11 is 3.82. The Bertz CT molecular complexity index is 1600. The van der Waals surface area contributed by atoms with Crippen molar-refractivity contribution in [2.45, 2.75) is 6.18 Å². The van der Waals surface area contributed by atoms with Crippen molar-refractivity contribution in [3.8, 4) is 17.2 Å². The van der Waals surface area contributed by atoms with E-state index in [1.165, 1.54) is 31.4 Å². The lowest BCUT2D eigenvalue weighted by atomic mass is 10.1. The fourth-order valence-corrected chi connectivity index (χ4v) is 4.83. The third-order valence-corrected chi connectivity index (χ3v) is 6.92. The van der Waals surface area contributed by atoms with E-state index >= 15 is 0 Å². The van der Waals surface area contributed by atoms with E-state index in [0.717, 1.165) is 11.0 Å². The summed E-state index contributed by atoms with van der Waals surface area (Å²) in [7, 11) is 1.42. The van der Waals surface area contributed by atoms with Gasteiger partial charge in [-0.05, 0) is 60.3 Å². The first kappa shape index (κ1) is 29.6. The van der Waals surface area contributed by atoms with Gasteiger partial charge in [-0.2, -0.15) is 13.2 Å². The van der Waals surface area contributed by atoms with Gasteiger partial charge in [0.25, 0.3) is 11.1 Å². The summed E-state index contributed by atoms with van der Waals surface area (Å²) < 4.78 is 50.5. The lowest BCUT2D eigenvalue weighted by Crippen LogP contribution is -2.36. The molecule has 0 aromatic heterocycles. The number of anilines is 1. The predicted octanol–water partition coefficient (Wildman–Crippen LogP) is 6.85. The van der Waals surface area contributed by atoms with Crippen LogP contribution in [0.4, 0.5) is 29.3 Å². The molecule has 1 heterocycles. The van der Waals surface area contributed by atoms with Gasteiger partial charge in [-0.1, -0.05) is 28.1 Å². The SMILES string of the molecule is COc1ccccc1NC(=O)CN1C(=O)S/C(=C/c2cc(Br)ccc2Oc2ccc(C(F)(F)F)cc2[N+](=O)[O-])C1=O. The number of carbonyl (C=O) groups is 3. The van der Waals surface area contributed by atoms with Crippen molar-refractivity contribution >= 4 is 62.2 Å². The molecule has 3 aromatic rings. The van der Waals surface area contributed by atoms with Crippen LogP contribution in [0.25, 0.3) is 6.08 Å². The van der Waals surface area contributed by atoms with Crippen molar-refractivity contribution in [3.05, 3.63) is 91.3 Å². The number of benzene rings is 3. The van der Waals surface area contributed by atoms with Gasteiger partial charge in [0, 0.05) is 16.1 Å². The summed E-state index contributed by atoms with van der Waals surface area (Å²) in [5, 5.41) is 13.3. The summed E-state index contributed by atoms with van der Waals surface area (Å²) in [5.74, 6) is -1.57. The number of amides is 3. The minimum atomic E-state index is -4.81. The number of nitrogens with one attached hydrogen (secondary N) is 1. The number of hydrogen-bond acceptors (Lipinski definition) is 8. The van der Waals surface area contributed by atoms with Gasteiger partial charge in [0.05, 0.1) is 28.2 Å². The van der Waals surface area contributed by atoms with Crippen molar-refractivity contribution in [2.75, 3.05) is 19.0 Å². The zero-order valence-electron chi connectivity index (χ0n) is 20.7. The fourth-order valence-electron chi connectivity index (χ4n) is 3.62. The van der Waals surface area contributed by atoms with E-state index < -0.39 is 51.7 Å². The Morgan fingerprint density at radius 1 is 1.10 bits per heavy atom. The van der Waals surface area contributed by atoms with E-state index in [9.17, 15) is 37.7 Å². The van der Waals surface area contributed by atoms with E-state index in [1.807, 2.05) is 0 Å². The highest BCUT2D eigenvalue weighted by Crippen LogP contribution is 2.40. The van der Waals surface area contributed by atoms with Crippen LogP contribution >= 0.6 is 27.7 Å². The second-order valence-electron chi connectivity index (χ2n) is 8.24. The fraction of sp³-hybridized carbons (Fsp3) is 0.115. The van der Waals surface area contributed by atoms with Gasteiger partial charge in [0.15, 0.2) is 0 Å². The maximum absolute atomic E-state index is 13.1. The number of imide groups is 1.